The number of likely N-dealkylation sites (tertiary alicyclic amines) is 1. The van der Waals surface area contributed by atoms with E-state index < -0.39 is 0 Å². The second-order valence-corrected chi connectivity index (χ2v) is 7.61. The third kappa shape index (κ3) is 3.62. The fourth-order valence-corrected chi connectivity index (χ4v) is 4.39. The molecule has 1 N–H and O–H groups in total. The van der Waals surface area contributed by atoms with Crippen LogP contribution < -0.4 is 5.32 Å². The summed E-state index contributed by atoms with van der Waals surface area (Å²) < 4.78 is 0. The van der Waals surface area contributed by atoms with Crippen molar-refractivity contribution in [1.29, 1.82) is 0 Å². The molecule has 0 radical (unpaired) electrons. The Balaban J connectivity index is 1.35. The first-order chi connectivity index (χ1) is 12.2. The van der Waals surface area contributed by atoms with Gasteiger partial charge in [0, 0.05) is 12.6 Å². The van der Waals surface area contributed by atoms with E-state index in [1.807, 2.05) is 6.07 Å². The van der Waals surface area contributed by atoms with E-state index in [9.17, 15) is 4.79 Å². The molecule has 2 saturated heterocycles. The molecule has 2 aliphatic rings. The molecule has 2 aromatic carbocycles. The molecule has 130 valence electrons. The first-order valence-corrected chi connectivity index (χ1v) is 9.35. The molecule has 0 unspecified atom stereocenters. The summed E-state index contributed by atoms with van der Waals surface area (Å²) in [6, 6.07) is 21.4. The first kappa shape index (κ1) is 16.3. The number of nitrogens with one attached hydrogen (secondary N) is 1. The number of rotatable bonds is 4. The zero-order chi connectivity index (χ0) is 17.1. The van der Waals surface area contributed by atoms with Gasteiger partial charge in [-0.3, -0.25) is 9.69 Å². The van der Waals surface area contributed by atoms with Crippen LogP contribution in [-0.4, -0.2) is 29.9 Å². The Morgan fingerprint density at radius 2 is 1.52 bits per heavy atom. The zero-order valence-electron chi connectivity index (χ0n) is 14.7. The lowest BCUT2D eigenvalue weighted by atomic mass is 9.75. The van der Waals surface area contributed by atoms with Gasteiger partial charge in [0.05, 0.1) is 5.41 Å². The van der Waals surface area contributed by atoms with Gasteiger partial charge in [-0.1, -0.05) is 60.7 Å². The van der Waals surface area contributed by atoms with Crippen LogP contribution in [0.5, 0.6) is 0 Å². The molecule has 4 rings (SSSR count). The Kier molecular flexibility index (Phi) is 4.58. The molecule has 3 nitrogen and oxygen atoms in total. The van der Waals surface area contributed by atoms with Gasteiger partial charge in [-0.05, 0) is 49.9 Å². The van der Waals surface area contributed by atoms with Crippen LogP contribution >= 0.6 is 0 Å². The second kappa shape index (κ2) is 7.01. The second-order valence-electron chi connectivity index (χ2n) is 7.61. The molecule has 2 fully saturated rings. The molecule has 0 saturated carbocycles. The van der Waals surface area contributed by atoms with E-state index in [0.29, 0.717) is 0 Å². The summed E-state index contributed by atoms with van der Waals surface area (Å²) >= 11 is 0. The lowest BCUT2D eigenvalue weighted by Crippen LogP contribution is -2.43. The average Bonchev–Trinajstić information content (AvgIpc) is 2.94. The average molecular weight is 334 g/mol. The van der Waals surface area contributed by atoms with Crippen molar-refractivity contribution in [1.82, 2.24) is 10.2 Å². The van der Waals surface area contributed by atoms with Gasteiger partial charge in [-0.25, -0.2) is 0 Å². The Bertz CT molecular complexity index is 705. The minimum absolute atomic E-state index is 0.132. The van der Waals surface area contributed by atoms with Gasteiger partial charge in [-0.15, -0.1) is 0 Å². The van der Waals surface area contributed by atoms with Crippen molar-refractivity contribution in [3.63, 3.8) is 0 Å². The largest absolute Gasteiger partial charge is 0.353 e. The van der Waals surface area contributed by atoms with E-state index in [1.54, 1.807) is 0 Å². The standard InChI is InChI=1S/C22H26N2O/c25-21-22(16-20(23-21)15-18-7-3-1-4-8-18)11-13-24(14-12-22)17-19-9-5-2-6-10-19/h1-10,20H,11-17H2,(H,23,25)/t20-/m0/s1. The van der Waals surface area contributed by atoms with Crippen molar-refractivity contribution < 1.29 is 4.79 Å². The number of amides is 1. The van der Waals surface area contributed by atoms with Gasteiger partial charge >= 0.3 is 0 Å². The molecule has 3 heteroatoms. The summed E-state index contributed by atoms with van der Waals surface area (Å²) in [7, 11) is 0. The van der Waals surface area contributed by atoms with E-state index >= 15 is 0 Å². The lowest BCUT2D eigenvalue weighted by molar-refractivity contribution is -0.130. The minimum Gasteiger partial charge on any atom is -0.353 e. The van der Waals surface area contributed by atoms with E-state index in [1.165, 1.54) is 11.1 Å². The quantitative estimate of drug-likeness (QED) is 0.929. The van der Waals surface area contributed by atoms with E-state index in [-0.39, 0.29) is 17.4 Å². The topological polar surface area (TPSA) is 32.3 Å². The van der Waals surface area contributed by atoms with Crippen molar-refractivity contribution >= 4 is 5.91 Å². The summed E-state index contributed by atoms with van der Waals surface area (Å²) in [5.74, 6) is 0.285. The molecule has 2 aliphatic heterocycles. The van der Waals surface area contributed by atoms with Gasteiger partial charge in [0.1, 0.15) is 0 Å². The fourth-order valence-electron chi connectivity index (χ4n) is 4.39. The van der Waals surface area contributed by atoms with Crippen molar-refractivity contribution in [3.8, 4) is 0 Å². The number of carbonyl (C=O) groups excluding carboxylic acids is 1. The van der Waals surface area contributed by atoms with Gasteiger partial charge in [0.25, 0.3) is 0 Å². The van der Waals surface area contributed by atoms with Crippen molar-refractivity contribution in [2.45, 2.75) is 38.3 Å². The van der Waals surface area contributed by atoms with Crippen molar-refractivity contribution in [2.75, 3.05) is 13.1 Å². The molecular formula is C22H26N2O. The van der Waals surface area contributed by atoms with Crippen LogP contribution in [0.1, 0.15) is 30.4 Å². The Morgan fingerprint density at radius 1 is 0.920 bits per heavy atom. The maximum absolute atomic E-state index is 12.7. The van der Waals surface area contributed by atoms with Crippen molar-refractivity contribution in [2.24, 2.45) is 5.41 Å². The summed E-state index contributed by atoms with van der Waals surface area (Å²) in [5.41, 5.74) is 2.54. The molecule has 2 heterocycles. The van der Waals surface area contributed by atoms with Crippen LogP contribution in [-0.2, 0) is 17.8 Å². The number of carbonyl (C=O) groups is 1. The molecular weight excluding hydrogens is 308 g/mol. The predicted octanol–water partition coefficient (Wildman–Crippen LogP) is 3.40. The predicted molar refractivity (Wildman–Crippen MR) is 100 cm³/mol. The molecule has 1 spiro atoms. The Morgan fingerprint density at radius 3 is 2.16 bits per heavy atom. The molecule has 0 aliphatic carbocycles. The monoisotopic (exact) mass is 334 g/mol. The number of hydrogen-bond donors (Lipinski definition) is 1. The molecule has 1 atom stereocenters. The Hall–Kier alpha value is -2.13. The van der Waals surface area contributed by atoms with Gasteiger partial charge < -0.3 is 5.32 Å². The molecule has 0 aromatic heterocycles. The summed E-state index contributed by atoms with van der Waals surface area (Å²) in [4.78, 5) is 15.2. The molecule has 0 bridgehead atoms. The van der Waals surface area contributed by atoms with Gasteiger partial charge in [0.15, 0.2) is 0 Å². The summed E-state index contributed by atoms with van der Waals surface area (Å²) in [5, 5.41) is 3.27. The summed E-state index contributed by atoms with van der Waals surface area (Å²) in [6.07, 6.45) is 3.90. The highest BCUT2D eigenvalue weighted by Crippen LogP contribution is 2.41. The Labute approximate surface area is 150 Å². The SMILES string of the molecule is O=C1N[C@@H](Cc2ccccc2)CC12CCN(Cc1ccccc1)CC2. The number of nitrogens with zero attached hydrogens (tertiary/aromatic N) is 1. The maximum atomic E-state index is 12.7. The first-order valence-electron chi connectivity index (χ1n) is 9.35. The van der Waals surface area contributed by atoms with E-state index in [4.69, 9.17) is 0 Å². The van der Waals surface area contributed by atoms with Crippen LogP contribution in [0.2, 0.25) is 0 Å². The summed E-state index contributed by atoms with van der Waals surface area (Å²) in [6.45, 7) is 3.02. The lowest BCUT2D eigenvalue weighted by Gasteiger charge is -2.37. The number of hydrogen-bond acceptors (Lipinski definition) is 2. The number of benzene rings is 2. The highest BCUT2D eigenvalue weighted by Gasteiger charge is 2.47. The minimum atomic E-state index is -0.132. The fraction of sp³-hybridized carbons (Fsp3) is 0.409. The van der Waals surface area contributed by atoms with Crippen LogP contribution in [0.4, 0.5) is 0 Å². The van der Waals surface area contributed by atoms with Crippen LogP contribution in [0.15, 0.2) is 60.7 Å². The smallest absolute Gasteiger partial charge is 0.226 e. The van der Waals surface area contributed by atoms with Crippen LogP contribution in [0, 0.1) is 5.41 Å². The number of piperidine rings is 1. The van der Waals surface area contributed by atoms with E-state index in [2.05, 4.69) is 64.8 Å². The maximum Gasteiger partial charge on any atom is 0.226 e. The normalized spacial score (nSPS) is 22.9. The van der Waals surface area contributed by atoms with Crippen LogP contribution in [0.3, 0.4) is 0 Å². The molecule has 2 aromatic rings. The zero-order valence-corrected chi connectivity index (χ0v) is 14.7. The third-order valence-corrected chi connectivity index (χ3v) is 5.84. The van der Waals surface area contributed by atoms with E-state index in [0.717, 1.165) is 45.3 Å². The van der Waals surface area contributed by atoms with Crippen LogP contribution in [0.25, 0.3) is 0 Å². The van der Waals surface area contributed by atoms with Gasteiger partial charge in [-0.2, -0.15) is 0 Å². The molecule has 25 heavy (non-hydrogen) atoms. The highest BCUT2D eigenvalue weighted by molar-refractivity contribution is 5.85. The highest BCUT2D eigenvalue weighted by atomic mass is 16.2. The molecule has 1 amide bonds. The van der Waals surface area contributed by atoms with Gasteiger partial charge in [0.2, 0.25) is 5.91 Å². The third-order valence-electron chi connectivity index (χ3n) is 5.84. The van der Waals surface area contributed by atoms with Crippen molar-refractivity contribution in [3.05, 3.63) is 71.8 Å².